The summed E-state index contributed by atoms with van der Waals surface area (Å²) in [6.07, 6.45) is 0. The number of carbonyl (C=O) groups excluding carboxylic acids is 1. The molecule has 94 valence electrons. The topological polar surface area (TPSA) is 97.0 Å². The van der Waals surface area contributed by atoms with Crippen LogP contribution in [0.3, 0.4) is 0 Å². The molecule has 2 aromatic rings. The summed E-state index contributed by atoms with van der Waals surface area (Å²) in [5.41, 5.74) is -0.776. The first-order valence-electron chi connectivity index (χ1n) is 5.17. The van der Waals surface area contributed by atoms with Crippen molar-refractivity contribution in [1.29, 1.82) is 0 Å². The summed E-state index contributed by atoms with van der Waals surface area (Å²) in [5.74, 6) is -0.999. The van der Waals surface area contributed by atoms with Crippen molar-refractivity contribution in [3.63, 3.8) is 0 Å². The van der Waals surface area contributed by atoms with E-state index in [1.54, 1.807) is 0 Å². The predicted octanol–water partition coefficient (Wildman–Crippen LogP) is 0.648. The Labute approximate surface area is 101 Å². The summed E-state index contributed by atoms with van der Waals surface area (Å²) in [4.78, 5) is 22.8. The maximum absolute atomic E-state index is 11.7. The SMILES string of the molecule is O=C(OCCO)c1cccc2c(O)cc(=O)oc12. The van der Waals surface area contributed by atoms with E-state index in [0.29, 0.717) is 0 Å². The van der Waals surface area contributed by atoms with Crippen molar-refractivity contribution in [3.8, 4) is 5.75 Å². The molecule has 0 bridgehead atoms. The number of fused-ring (bicyclic) bond motifs is 1. The minimum Gasteiger partial charge on any atom is -0.507 e. The number of carbonyl (C=O) groups is 1. The Hall–Kier alpha value is -2.34. The van der Waals surface area contributed by atoms with E-state index in [9.17, 15) is 14.7 Å². The number of hydrogen-bond acceptors (Lipinski definition) is 6. The van der Waals surface area contributed by atoms with Gasteiger partial charge in [0.1, 0.15) is 17.9 Å². The van der Waals surface area contributed by atoms with Crippen molar-refractivity contribution < 1.29 is 24.2 Å². The van der Waals surface area contributed by atoms with Crippen LogP contribution in [-0.4, -0.2) is 29.4 Å². The second-order valence-corrected chi connectivity index (χ2v) is 3.49. The molecule has 18 heavy (non-hydrogen) atoms. The molecule has 1 aromatic heterocycles. The summed E-state index contributed by atoms with van der Waals surface area (Å²) in [7, 11) is 0. The van der Waals surface area contributed by atoms with Crippen LogP contribution in [0.5, 0.6) is 5.75 Å². The highest BCUT2D eigenvalue weighted by molar-refractivity contribution is 6.03. The third-order valence-electron chi connectivity index (χ3n) is 2.29. The van der Waals surface area contributed by atoms with Crippen LogP contribution in [0.1, 0.15) is 10.4 Å². The molecule has 6 heteroatoms. The first kappa shape index (κ1) is 12.1. The Morgan fingerprint density at radius 2 is 2.17 bits per heavy atom. The van der Waals surface area contributed by atoms with E-state index in [1.807, 2.05) is 0 Å². The van der Waals surface area contributed by atoms with Crippen molar-refractivity contribution in [2.45, 2.75) is 0 Å². The smallest absolute Gasteiger partial charge is 0.342 e. The van der Waals surface area contributed by atoms with E-state index in [4.69, 9.17) is 14.3 Å². The van der Waals surface area contributed by atoms with Crippen LogP contribution in [0.4, 0.5) is 0 Å². The van der Waals surface area contributed by atoms with Crippen molar-refractivity contribution >= 4 is 16.9 Å². The molecule has 0 atom stereocenters. The van der Waals surface area contributed by atoms with E-state index < -0.39 is 11.6 Å². The van der Waals surface area contributed by atoms with Crippen LogP contribution in [0.25, 0.3) is 11.0 Å². The molecule has 1 aromatic carbocycles. The van der Waals surface area contributed by atoms with Gasteiger partial charge in [0.05, 0.1) is 18.1 Å². The Morgan fingerprint density at radius 3 is 2.89 bits per heavy atom. The van der Waals surface area contributed by atoms with Gasteiger partial charge in [-0.05, 0) is 12.1 Å². The van der Waals surface area contributed by atoms with Gasteiger partial charge in [-0.3, -0.25) is 0 Å². The number of para-hydroxylation sites is 1. The van der Waals surface area contributed by atoms with Crippen LogP contribution in [0.2, 0.25) is 0 Å². The Balaban J connectivity index is 2.58. The molecular formula is C12H10O6. The summed E-state index contributed by atoms with van der Waals surface area (Å²) in [6.45, 7) is -0.454. The molecule has 0 fully saturated rings. The third kappa shape index (κ3) is 2.18. The zero-order chi connectivity index (χ0) is 13.1. The minimum atomic E-state index is -0.762. The minimum absolute atomic E-state index is 0.0222. The highest BCUT2D eigenvalue weighted by Gasteiger charge is 2.15. The molecule has 1 heterocycles. The number of aliphatic hydroxyl groups excluding tert-OH is 1. The zero-order valence-electron chi connectivity index (χ0n) is 9.25. The molecule has 0 amide bonds. The van der Waals surface area contributed by atoms with Crippen LogP contribution >= 0.6 is 0 Å². The largest absolute Gasteiger partial charge is 0.507 e. The lowest BCUT2D eigenvalue weighted by atomic mass is 10.1. The average molecular weight is 250 g/mol. The number of ether oxygens (including phenoxy) is 1. The number of aliphatic hydroxyl groups is 1. The van der Waals surface area contributed by atoms with Crippen LogP contribution in [0.15, 0.2) is 33.5 Å². The number of rotatable bonds is 3. The van der Waals surface area contributed by atoms with Gasteiger partial charge in [0.25, 0.3) is 0 Å². The maximum Gasteiger partial charge on any atom is 0.342 e. The first-order chi connectivity index (χ1) is 8.63. The second kappa shape index (κ2) is 4.89. The molecule has 0 aliphatic heterocycles. The van der Waals surface area contributed by atoms with E-state index in [-0.39, 0.29) is 35.5 Å². The molecule has 0 unspecified atom stereocenters. The van der Waals surface area contributed by atoms with Gasteiger partial charge in [-0.1, -0.05) is 6.07 Å². The van der Waals surface area contributed by atoms with Crippen LogP contribution in [0, 0.1) is 0 Å². The Morgan fingerprint density at radius 1 is 1.39 bits per heavy atom. The van der Waals surface area contributed by atoms with E-state index in [1.165, 1.54) is 18.2 Å². The number of esters is 1. The van der Waals surface area contributed by atoms with E-state index in [0.717, 1.165) is 6.07 Å². The van der Waals surface area contributed by atoms with Crippen LogP contribution < -0.4 is 5.63 Å². The maximum atomic E-state index is 11.7. The summed E-state index contributed by atoms with van der Waals surface area (Å²) in [6, 6.07) is 5.36. The molecule has 2 rings (SSSR count). The molecule has 0 aliphatic carbocycles. The molecule has 0 aliphatic rings. The Kier molecular flexibility index (Phi) is 3.29. The number of hydrogen-bond donors (Lipinski definition) is 2. The molecular weight excluding hydrogens is 240 g/mol. The summed E-state index contributed by atoms with van der Waals surface area (Å²) < 4.78 is 9.63. The fourth-order valence-corrected chi connectivity index (χ4v) is 1.54. The van der Waals surface area contributed by atoms with Crippen molar-refractivity contribution in [1.82, 2.24) is 0 Å². The summed E-state index contributed by atoms with van der Waals surface area (Å²) in [5, 5.41) is 18.4. The molecule has 0 saturated carbocycles. The van der Waals surface area contributed by atoms with Gasteiger partial charge < -0.3 is 19.4 Å². The second-order valence-electron chi connectivity index (χ2n) is 3.49. The molecule has 0 radical (unpaired) electrons. The van der Waals surface area contributed by atoms with Gasteiger partial charge in [-0.15, -0.1) is 0 Å². The van der Waals surface area contributed by atoms with Crippen LogP contribution in [-0.2, 0) is 4.74 Å². The molecule has 0 spiro atoms. The lowest BCUT2D eigenvalue weighted by Crippen LogP contribution is -2.10. The van der Waals surface area contributed by atoms with E-state index in [2.05, 4.69) is 0 Å². The lowest BCUT2D eigenvalue weighted by molar-refractivity contribution is 0.0434. The monoisotopic (exact) mass is 250 g/mol. The first-order valence-corrected chi connectivity index (χ1v) is 5.17. The predicted molar refractivity (Wildman–Crippen MR) is 61.5 cm³/mol. The molecule has 6 nitrogen and oxygen atoms in total. The third-order valence-corrected chi connectivity index (χ3v) is 2.29. The number of aromatic hydroxyl groups is 1. The van der Waals surface area contributed by atoms with Gasteiger partial charge in [0.2, 0.25) is 0 Å². The molecule has 2 N–H and O–H groups in total. The van der Waals surface area contributed by atoms with Gasteiger partial charge in [0, 0.05) is 0 Å². The Bertz CT molecular complexity index is 643. The fraction of sp³-hybridized carbons (Fsp3) is 0.167. The fourth-order valence-electron chi connectivity index (χ4n) is 1.54. The quantitative estimate of drug-likeness (QED) is 0.613. The van der Waals surface area contributed by atoms with Crippen molar-refractivity contribution in [3.05, 3.63) is 40.2 Å². The normalized spacial score (nSPS) is 10.5. The van der Waals surface area contributed by atoms with Gasteiger partial charge in [-0.2, -0.15) is 0 Å². The van der Waals surface area contributed by atoms with Gasteiger partial charge >= 0.3 is 11.6 Å². The van der Waals surface area contributed by atoms with Crippen molar-refractivity contribution in [2.24, 2.45) is 0 Å². The zero-order valence-corrected chi connectivity index (χ0v) is 9.25. The standard InChI is InChI=1S/C12H10O6/c13-4-5-17-12(16)8-3-1-2-7-9(14)6-10(15)18-11(7)8/h1-3,6,13-14H,4-5H2. The van der Waals surface area contributed by atoms with Gasteiger partial charge in [-0.25, -0.2) is 9.59 Å². The molecule has 0 saturated heterocycles. The van der Waals surface area contributed by atoms with Gasteiger partial charge in [0.15, 0.2) is 5.58 Å². The van der Waals surface area contributed by atoms with E-state index >= 15 is 0 Å². The average Bonchev–Trinajstić information content (AvgIpc) is 2.35. The lowest BCUT2D eigenvalue weighted by Gasteiger charge is -2.05. The van der Waals surface area contributed by atoms with Crippen molar-refractivity contribution in [2.75, 3.05) is 13.2 Å². The number of benzene rings is 1. The summed E-state index contributed by atoms with van der Waals surface area (Å²) >= 11 is 0. The highest BCUT2D eigenvalue weighted by atomic mass is 16.5. The highest BCUT2D eigenvalue weighted by Crippen LogP contribution is 2.25.